The van der Waals surface area contributed by atoms with E-state index in [9.17, 15) is 0 Å². The molecule has 2 unspecified atom stereocenters. The summed E-state index contributed by atoms with van der Waals surface area (Å²) >= 11 is 1.89. The number of hydrogen-bond acceptors (Lipinski definition) is 2. The van der Waals surface area contributed by atoms with Gasteiger partial charge < -0.3 is 5.73 Å². The molecule has 1 aliphatic rings. The van der Waals surface area contributed by atoms with Crippen LogP contribution in [0.15, 0.2) is 11.4 Å². The van der Waals surface area contributed by atoms with Gasteiger partial charge in [-0.2, -0.15) is 0 Å². The molecule has 1 aromatic heterocycles. The molecule has 1 heterocycles. The van der Waals surface area contributed by atoms with Crippen LogP contribution in [0.3, 0.4) is 0 Å². The van der Waals surface area contributed by atoms with Crippen molar-refractivity contribution >= 4 is 11.3 Å². The normalized spacial score (nSPS) is 28.7. The van der Waals surface area contributed by atoms with E-state index in [0.29, 0.717) is 12.0 Å². The van der Waals surface area contributed by atoms with Crippen molar-refractivity contribution in [1.82, 2.24) is 0 Å². The molecule has 2 rings (SSSR count). The summed E-state index contributed by atoms with van der Waals surface area (Å²) in [4.78, 5) is 1.54. The molecule has 1 aliphatic carbocycles. The smallest absolute Gasteiger partial charge is 0.0121 e. The molecule has 0 bridgehead atoms. The molecular weight excluding hydrogens is 190 g/mol. The second-order valence-electron chi connectivity index (χ2n) is 4.38. The monoisotopic (exact) mass is 209 g/mol. The zero-order valence-corrected chi connectivity index (χ0v) is 9.65. The third-order valence-electron chi connectivity index (χ3n) is 3.31. The second-order valence-corrected chi connectivity index (χ2v) is 5.32. The van der Waals surface area contributed by atoms with Crippen molar-refractivity contribution in [2.24, 2.45) is 5.73 Å². The van der Waals surface area contributed by atoms with Gasteiger partial charge in [0, 0.05) is 16.8 Å². The van der Waals surface area contributed by atoms with E-state index in [2.05, 4.69) is 18.4 Å². The van der Waals surface area contributed by atoms with Crippen molar-refractivity contribution in [1.29, 1.82) is 0 Å². The van der Waals surface area contributed by atoms with E-state index in [1.165, 1.54) is 37.7 Å². The fourth-order valence-electron chi connectivity index (χ4n) is 2.43. The summed E-state index contributed by atoms with van der Waals surface area (Å²) in [6.07, 6.45) is 6.55. The van der Waals surface area contributed by atoms with Crippen molar-refractivity contribution in [2.45, 2.75) is 51.0 Å². The average molecular weight is 209 g/mol. The highest BCUT2D eigenvalue weighted by molar-refractivity contribution is 7.10. The number of nitrogens with two attached hydrogens (primary N) is 1. The van der Waals surface area contributed by atoms with Gasteiger partial charge >= 0.3 is 0 Å². The van der Waals surface area contributed by atoms with Gasteiger partial charge in [-0.15, -0.1) is 11.3 Å². The lowest BCUT2D eigenvalue weighted by Crippen LogP contribution is -2.27. The molecule has 1 aromatic rings. The molecule has 0 radical (unpaired) electrons. The molecule has 0 aromatic carbocycles. The average Bonchev–Trinajstić information content (AvgIpc) is 2.46. The Morgan fingerprint density at radius 3 is 2.79 bits per heavy atom. The number of thiophene rings is 1. The van der Waals surface area contributed by atoms with Gasteiger partial charge in [0.25, 0.3) is 0 Å². The first kappa shape index (κ1) is 10.2. The van der Waals surface area contributed by atoms with Crippen molar-refractivity contribution in [3.05, 3.63) is 21.9 Å². The molecule has 0 amide bonds. The third kappa shape index (κ3) is 2.01. The van der Waals surface area contributed by atoms with Gasteiger partial charge in [-0.3, -0.25) is 0 Å². The SMILES string of the molecule is Cc1ccsc1C1CCCCCC1N. The highest BCUT2D eigenvalue weighted by Gasteiger charge is 2.23. The molecule has 2 heteroatoms. The fourth-order valence-corrected chi connectivity index (χ4v) is 3.57. The van der Waals surface area contributed by atoms with Gasteiger partial charge in [0.15, 0.2) is 0 Å². The van der Waals surface area contributed by atoms with Crippen LogP contribution in [0.2, 0.25) is 0 Å². The highest BCUT2D eigenvalue weighted by atomic mass is 32.1. The van der Waals surface area contributed by atoms with E-state index in [1.807, 2.05) is 11.3 Å². The molecule has 0 spiro atoms. The van der Waals surface area contributed by atoms with E-state index in [-0.39, 0.29) is 0 Å². The first-order valence-electron chi connectivity index (χ1n) is 5.58. The lowest BCUT2D eigenvalue weighted by Gasteiger charge is -2.20. The lowest BCUT2D eigenvalue weighted by atomic mass is 9.92. The zero-order valence-electron chi connectivity index (χ0n) is 8.83. The van der Waals surface area contributed by atoms with Gasteiger partial charge in [0.05, 0.1) is 0 Å². The molecule has 2 N–H and O–H groups in total. The Morgan fingerprint density at radius 1 is 1.29 bits per heavy atom. The van der Waals surface area contributed by atoms with Crippen LogP contribution in [0.1, 0.15) is 48.5 Å². The summed E-state index contributed by atoms with van der Waals surface area (Å²) in [5, 5.41) is 2.20. The summed E-state index contributed by atoms with van der Waals surface area (Å²) < 4.78 is 0. The minimum absolute atomic E-state index is 0.398. The van der Waals surface area contributed by atoms with E-state index >= 15 is 0 Å². The van der Waals surface area contributed by atoms with Crippen LogP contribution in [0.4, 0.5) is 0 Å². The first-order chi connectivity index (χ1) is 6.79. The molecule has 1 saturated carbocycles. The number of aryl methyl sites for hydroxylation is 1. The van der Waals surface area contributed by atoms with Crippen LogP contribution in [0.25, 0.3) is 0 Å². The molecule has 78 valence electrons. The highest BCUT2D eigenvalue weighted by Crippen LogP contribution is 2.35. The summed E-state index contributed by atoms with van der Waals surface area (Å²) in [5.41, 5.74) is 7.69. The van der Waals surface area contributed by atoms with Gasteiger partial charge in [-0.1, -0.05) is 19.3 Å². The Bertz CT molecular complexity index is 292. The third-order valence-corrected chi connectivity index (χ3v) is 4.46. The standard InChI is InChI=1S/C12H19NS/c1-9-7-8-14-12(9)10-5-3-2-4-6-11(10)13/h7-8,10-11H,2-6,13H2,1H3. The quantitative estimate of drug-likeness (QED) is 0.705. The van der Waals surface area contributed by atoms with E-state index in [4.69, 9.17) is 5.73 Å². The topological polar surface area (TPSA) is 26.0 Å². The zero-order chi connectivity index (χ0) is 9.97. The van der Waals surface area contributed by atoms with E-state index in [0.717, 1.165) is 0 Å². The van der Waals surface area contributed by atoms with Gasteiger partial charge in [0.2, 0.25) is 0 Å². The van der Waals surface area contributed by atoms with Gasteiger partial charge in [0.1, 0.15) is 0 Å². The van der Waals surface area contributed by atoms with Crippen molar-refractivity contribution in [3.8, 4) is 0 Å². The van der Waals surface area contributed by atoms with Crippen LogP contribution in [-0.2, 0) is 0 Å². The second kappa shape index (κ2) is 4.45. The van der Waals surface area contributed by atoms with Crippen LogP contribution in [0.5, 0.6) is 0 Å². The minimum Gasteiger partial charge on any atom is -0.327 e. The Balaban J connectivity index is 2.19. The Hall–Kier alpha value is -0.340. The lowest BCUT2D eigenvalue weighted by molar-refractivity contribution is 0.510. The summed E-state index contributed by atoms with van der Waals surface area (Å²) in [6.45, 7) is 2.21. The fraction of sp³-hybridized carbons (Fsp3) is 0.667. The molecule has 1 fully saturated rings. The van der Waals surface area contributed by atoms with Gasteiger partial charge in [-0.25, -0.2) is 0 Å². The Morgan fingerprint density at radius 2 is 2.07 bits per heavy atom. The maximum atomic E-state index is 6.25. The molecule has 1 nitrogen and oxygen atoms in total. The number of rotatable bonds is 1. The maximum Gasteiger partial charge on any atom is 0.0121 e. The minimum atomic E-state index is 0.398. The van der Waals surface area contributed by atoms with Crippen molar-refractivity contribution < 1.29 is 0 Å². The van der Waals surface area contributed by atoms with Crippen molar-refractivity contribution in [3.63, 3.8) is 0 Å². The van der Waals surface area contributed by atoms with Crippen LogP contribution in [-0.4, -0.2) is 6.04 Å². The number of hydrogen-bond donors (Lipinski definition) is 1. The molecule has 14 heavy (non-hydrogen) atoms. The molecule has 2 atom stereocenters. The van der Waals surface area contributed by atoms with Crippen LogP contribution >= 0.6 is 11.3 Å². The summed E-state index contributed by atoms with van der Waals surface area (Å²) in [7, 11) is 0. The molecule has 0 saturated heterocycles. The Kier molecular flexibility index (Phi) is 3.24. The maximum absolute atomic E-state index is 6.25. The summed E-state index contributed by atoms with van der Waals surface area (Å²) in [6, 6.07) is 2.62. The van der Waals surface area contributed by atoms with Gasteiger partial charge in [-0.05, 0) is 36.8 Å². The summed E-state index contributed by atoms with van der Waals surface area (Å²) in [5.74, 6) is 0.637. The van der Waals surface area contributed by atoms with Crippen molar-refractivity contribution in [2.75, 3.05) is 0 Å². The first-order valence-corrected chi connectivity index (χ1v) is 6.46. The van der Waals surface area contributed by atoms with Crippen LogP contribution < -0.4 is 5.73 Å². The Labute approximate surface area is 90.3 Å². The van der Waals surface area contributed by atoms with E-state index < -0.39 is 0 Å². The molecular formula is C12H19NS. The predicted octanol–water partition coefficient (Wildman–Crippen LogP) is 3.43. The van der Waals surface area contributed by atoms with E-state index in [1.54, 1.807) is 4.88 Å². The van der Waals surface area contributed by atoms with Crippen LogP contribution in [0, 0.1) is 6.92 Å². The largest absolute Gasteiger partial charge is 0.327 e. The predicted molar refractivity (Wildman–Crippen MR) is 62.9 cm³/mol. The molecule has 0 aliphatic heterocycles.